The third kappa shape index (κ3) is 6.51. The molecule has 3 nitrogen and oxygen atoms in total. The van der Waals surface area contributed by atoms with Gasteiger partial charge in [-0.3, -0.25) is 0 Å². The van der Waals surface area contributed by atoms with E-state index < -0.39 is 0 Å². The Kier molecular flexibility index (Phi) is 9.23. The molecule has 1 aliphatic heterocycles. The summed E-state index contributed by atoms with van der Waals surface area (Å²) in [5.41, 5.74) is 22.4. The molecule has 344 valence electrons. The van der Waals surface area contributed by atoms with Crippen LogP contribution in [0.1, 0.15) is 155 Å². The van der Waals surface area contributed by atoms with Gasteiger partial charge in [-0.1, -0.05) is 149 Å². The van der Waals surface area contributed by atoms with Crippen molar-refractivity contribution in [1.29, 1.82) is 0 Å². The third-order valence-electron chi connectivity index (χ3n) is 18.1. The van der Waals surface area contributed by atoms with Gasteiger partial charge >= 0.3 is 0 Å². The molecule has 1 N–H and O–H groups in total. The monoisotopic (exact) mass is 893 g/mol. The molecule has 0 saturated heterocycles. The second-order valence-electron chi connectivity index (χ2n) is 25.4. The molecule has 8 aromatic rings. The van der Waals surface area contributed by atoms with Crippen LogP contribution in [0.4, 0.5) is 28.4 Å². The van der Waals surface area contributed by atoms with E-state index in [1.807, 2.05) is 0 Å². The molecule has 1 aromatic heterocycles. The van der Waals surface area contributed by atoms with Crippen LogP contribution in [0.3, 0.4) is 0 Å². The first-order valence-electron chi connectivity index (χ1n) is 25.7. The van der Waals surface area contributed by atoms with Gasteiger partial charge < -0.3 is 14.6 Å². The molecule has 4 heteroatoms. The fourth-order valence-electron chi connectivity index (χ4n) is 13.3. The van der Waals surface area contributed by atoms with Gasteiger partial charge in [-0.2, -0.15) is 0 Å². The molecule has 0 unspecified atom stereocenters. The maximum atomic E-state index is 7.13. The molecule has 4 aliphatic rings. The number of para-hydroxylation sites is 1. The third-order valence-corrected chi connectivity index (χ3v) is 18.1. The summed E-state index contributed by atoms with van der Waals surface area (Å²) in [6.45, 7) is 29.4. The number of anilines is 5. The quantitative estimate of drug-likeness (QED) is 0.178. The van der Waals surface area contributed by atoms with E-state index in [1.165, 1.54) is 116 Å². The van der Waals surface area contributed by atoms with Gasteiger partial charge in [0.15, 0.2) is 7.28 Å². The first-order valence-corrected chi connectivity index (χ1v) is 25.7. The van der Waals surface area contributed by atoms with Crippen LogP contribution in [0.5, 0.6) is 0 Å². The van der Waals surface area contributed by atoms with Crippen molar-refractivity contribution in [2.75, 3.05) is 10.2 Å². The molecule has 68 heavy (non-hydrogen) atoms. The zero-order chi connectivity index (χ0) is 47.5. The van der Waals surface area contributed by atoms with E-state index in [9.17, 15) is 0 Å². The van der Waals surface area contributed by atoms with Gasteiger partial charge in [0.2, 0.25) is 0 Å². The highest BCUT2D eigenvalue weighted by Gasteiger charge is 2.42. The van der Waals surface area contributed by atoms with Gasteiger partial charge in [0.05, 0.1) is 5.69 Å². The summed E-state index contributed by atoms with van der Waals surface area (Å²) in [4.78, 5) is 2.69. The fourth-order valence-corrected chi connectivity index (χ4v) is 13.3. The topological polar surface area (TPSA) is 28.4 Å². The standard InChI is InChI=1S/C64H69BN2O/c1-59(2)27-29-61(5,6)47-34-39(21-24-45(47)59)66-52-26-23-43-42-19-15-16-20-54(42)68-58(43)55(52)44-33-38-17-13-14-18-41(38)57-56(44)65-51-36-49-50(64(11,12)32-31-63(49,9)10)37-53(51)67(57)40-22-25-46-48(35-40)62(7,8)30-28-60(46,3)4/h13-26,33-37,65-66H,27-32H2,1-12H3. The lowest BCUT2D eigenvalue weighted by atomic mass is 9.54. The predicted octanol–water partition coefficient (Wildman–Crippen LogP) is 16.4. The number of hydrogen-bond acceptors (Lipinski definition) is 3. The van der Waals surface area contributed by atoms with Crippen molar-refractivity contribution in [1.82, 2.24) is 0 Å². The van der Waals surface area contributed by atoms with Gasteiger partial charge in [0.1, 0.15) is 11.2 Å². The van der Waals surface area contributed by atoms with Crippen molar-refractivity contribution in [3.63, 3.8) is 0 Å². The Morgan fingerprint density at radius 3 is 1.69 bits per heavy atom. The molecule has 7 aromatic carbocycles. The van der Waals surface area contributed by atoms with E-state index in [0.717, 1.165) is 46.2 Å². The summed E-state index contributed by atoms with van der Waals surface area (Å²) in [7, 11) is 0.812. The fraction of sp³-hybridized carbons (Fsp3) is 0.375. The van der Waals surface area contributed by atoms with Crippen LogP contribution in [0.25, 0.3) is 43.8 Å². The minimum absolute atomic E-state index is 0.0628. The van der Waals surface area contributed by atoms with Crippen LogP contribution >= 0.6 is 0 Å². The van der Waals surface area contributed by atoms with Crippen LogP contribution < -0.4 is 21.1 Å². The Hall–Kier alpha value is -5.74. The van der Waals surface area contributed by atoms with Gasteiger partial charge in [0, 0.05) is 44.5 Å². The Labute approximate surface area is 406 Å². The molecule has 12 rings (SSSR count). The van der Waals surface area contributed by atoms with E-state index in [0.29, 0.717) is 0 Å². The van der Waals surface area contributed by atoms with Crippen LogP contribution in [0.15, 0.2) is 120 Å². The van der Waals surface area contributed by atoms with E-state index in [2.05, 4.69) is 209 Å². The Morgan fingerprint density at radius 1 is 0.485 bits per heavy atom. The summed E-state index contributed by atoms with van der Waals surface area (Å²) in [5.74, 6) is 0. The van der Waals surface area contributed by atoms with Crippen molar-refractivity contribution in [3.8, 4) is 11.1 Å². The second kappa shape index (κ2) is 14.4. The highest BCUT2D eigenvalue weighted by molar-refractivity contribution is 6.74. The largest absolute Gasteiger partial charge is 0.455 e. The Balaban J connectivity index is 1.16. The van der Waals surface area contributed by atoms with Crippen molar-refractivity contribution in [3.05, 3.63) is 149 Å². The molecule has 2 heterocycles. The van der Waals surface area contributed by atoms with E-state index in [-0.39, 0.29) is 32.5 Å². The van der Waals surface area contributed by atoms with Gasteiger partial charge in [-0.25, -0.2) is 0 Å². The van der Waals surface area contributed by atoms with Crippen molar-refractivity contribution in [2.24, 2.45) is 0 Å². The molecular weight excluding hydrogens is 824 g/mol. The Morgan fingerprint density at radius 2 is 1.03 bits per heavy atom. The summed E-state index contributed by atoms with van der Waals surface area (Å²) < 4.78 is 7.13. The number of benzene rings is 7. The van der Waals surface area contributed by atoms with Crippen molar-refractivity contribution < 1.29 is 4.42 Å². The highest BCUT2D eigenvalue weighted by Crippen LogP contribution is 2.53. The maximum Gasteiger partial charge on any atom is 0.198 e. The maximum absolute atomic E-state index is 7.13. The number of nitrogens with one attached hydrogen (secondary N) is 1. The summed E-state index contributed by atoms with van der Waals surface area (Å²) in [6, 6.07) is 44.7. The average molecular weight is 893 g/mol. The zero-order valence-corrected chi connectivity index (χ0v) is 42.8. The van der Waals surface area contributed by atoms with Crippen molar-refractivity contribution >= 4 is 79.4 Å². The average Bonchev–Trinajstić information content (AvgIpc) is 3.68. The molecule has 0 atom stereocenters. The van der Waals surface area contributed by atoms with E-state index in [4.69, 9.17) is 4.42 Å². The molecule has 0 saturated carbocycles. The summed E-state index contributed by atoms with van der Waals surface area (Å²) in [5, 5.41) is 8.87. The van der Waals surface area contributed by atoms with Crippen LogP contribution in [0.2, 0.25) is 0 Å². The minimum Gasteiger partial charge on any atom is -0.455 e. The summed E-state index contributed by atoms with van der Waals surface area (Å²) >= 11 is 0. The van der Waals surface area contributed by atoms with Gasteiger partial charge in [0.25, 0.3) is 0 Å². The molecular formula is C64H69BN2O. The first kappa shape index (κ1) is 43.5. The number of hydrogen-bond donors (Lipinski definition) is 1. The number of fused-ring (bicyclic) bond motifs is 10. The molecule has 0 radical (unpaired) electrons. The summed E-state index contributed by atoms with van der Waals surface area (Å²) in [6.07, 6.45) is 7.08. The smallest absolute Gasteiger partial charge is 0.198 e. The zero-order valence-electron chi connectivity index (χ0n) is 42.8. The highest BCUT2D eigenvalue weighted by atomic mass is 16.3. The normalized spacial score (nSPS) is 19.9. The lowest BCUT2D eigenvalue weighted by Gasteiger charge is -2.45. The van der Waals surface area contributed by atoms with Gasteiger partial charge in [-0.05, 0) is 175 Å². The number of furan rings is 1. The molecule has 0 amide bonds. The lowest BCUT2D eigenvalue weighted by Crippen LogP contribution is -2.44. The Bertz CT molecular complexity index is 3430. The SMILES string of the molecule is CC1(C)CCC(C)(C)c2cc(Nc3ccc4c(oc5ccccc54)c3-c3cc4ccccc4c4c3Bc3cc5c(cc3N4c3ccc4c(c3)C(C)(C)CCC4(C)C)C(C)(C)CCC5(C)C)ccc21. The number of rotatable bonds is 4. The predicted molar refractivity (Wildman–Crippen MR) is 293 cm³/mol. The number of nitrogens with zero attached hydrogens (tertiary/aromatic N) is 1. The van der Waals surface area contributed by atoms with Crippen LogP contribution in [0, 0.1) is 0 Å². The molecule has 0 fully saturated rings. The van der Waals surface area contributed by atoms with E-state index >= 15 is 0 Å². The van der Waals surface area contributed by atoms with Crippen LogP contribution in [-0.2, 0) is 32.5 Å². The first-order chi connectivity index (χ1) is 32.1. The van der Waals surface area contributed by atoms with Gasteiger partial charge in [-0.15, -0.1) is 0 Å². The molecule has 0 bridgehead atoms. The molecule has 3 aliphatic carbocycles. The second-order valence-corrected chi connectivity index (χ2v) is 25.4. The minimum atomic E-state index is 0.0628. The van der Waals surface area contributed by atoms with Crippen LogP contribution in [-0.4, -0.2) is 7.28 Å². The van der Waals surface area contributed by atoms with E-state index in [1.54, 1.807) is 0 Å². The molecule has 0 spiro atoms. The van der Waals surface area contributed by atoms with Crippen molar-refractivity contribution in [2.45, 2.75) is 154 Å². The lowest BCUT2D eigenvalue weighted by molar-refractivity contribution is 0.332.